The van der Waals surface area contributed by atoms with Crippen LogP contribution in [0.3, 0.4) is 0 Å². The lowest BCUT2D eigenvalue weighted by molar-refractivity contribution is -0.136. The topological polar surface area (TPSA) is 99.0 Å². The molecule has 0 saturated carbocycles. The molecule has 1 aromatic carbocycles. The lowest BCUT2D eigenvalue weighted by atomic mass is 9.82. The standard InChI is InChI=1S/C30H37ClN4O3.C4H10O/c1-20-7-6-8-25(31)29(20)38-16-15-34(5)22-9-10-26(33-18-22)24-19-32-21(2)23(17-27(36)37)28(24)35-13-11-30(3,4)12-14-35;1-4(2,3)5/h6-10,18-19H,11-17H2,1-5H3,(H,36,37);5H,1-3H3. The van der Waals surface area contributed by atoms with Crippen LogP contribution in [0.1, 0.15) is 64.3 Å². The molecule has 0 atom stereocenters. The van der Waals surface area contributed by atoms with E-state index < -0.39 is 11.6 Å². The molecule has 0 amide bonds. The van der Waals surface area contributed by atoms with E-state index in [0.29, 0.717) is 23.9 Å². The van der Waals surface area contributed by atoms with Crippen molar-refractivity contribution in [1.82, 2.24) is 9.97 Å². The zero-order valence-electron chi connectivity index (χ0n) is 26.9. The number of nitrogens with zero attached hydrogens (tertiary/aromatic N) is 4. The zero-order valence-corrected chi connectivity index (χ0v) is 27.6. The van der Waals surface area contributed by atoms with Gasteiger partial charge in [-0.25, -0.2) is 0 Å². The van der Waals surface area contributed by atoms with Crippen LogP contribution in [-0.2, 0) is 11.2 Å². The van der Waals surface area contributed by atoms with Crippen molar-refractivity contribution in [2.75, 3.05) is 43.1 Å². The van der Waals surface area contributed by atoms with Gasteiger partial charge < -0.3 is 24.7 Å². The lowest BCUT2D eigenvalue weighted by Crippen LogP contribution is -2.38. The largest absolute Gasteiger partial charge is 0.490 e. The van der Waals surface area contributed by atoms with E-state index in [-0.39, 0.29) is 11.8 Å². The number of likely N-dealkylation sites (N-methyl/N-ethyl adjacent to an activating group) is 1. The number of carbonyl (C=O) groups is 1. The summed E-state index contributed by atoms with van der Waals surface area (Å²) in [5.41, 5.74) is 5.87. The number of carboxylic acid groups (broad SMARTS) is 1. The predicted octanol–water partition coefficient (Wildman–Crippen LogP) is 6.96. The number of hydrogen-bond donors (Lipinski definition) is 2. The van der Waals surface area contributed by atoms with Crippen molar-refractivity contribution in [3.05, 3.63) is 64.6 Å². The minimum atomic E-state index is -0.857. The number of aryl methyl sites for hydroxylation is 2. The van der Waals surface area contributed by atoms with Gasteiger partial charge in [0.05, 0.1) is 46.9 Å². The van der Waals surface area contributed by atoms with Crippen LogP contribution in [-0.4, -0.2) is 65.0 Å². The van der Waals surface area contributed by atoms with Gasteiger partial charge in [0.2, 0.25) is 0 Å². The summed E-state index contributed by atoms with van der Waals surface area (Å²) in [6.07, 6.45) is 5.71. The van der Waals surface area contributed by atoms with Crippen molar-refractivity contribution in [2.24, 2.45) is 5.41 Å². The van der Waals surface area contributed by atoms with Gasteiger partial charge in [0, 0.05) is 43.2 Å². The number of carboxylic acids is 1. The summed E-state index contributed by atoms with van der Waals surface area (Å²) in [4.78, 5) is 25.5. The molecular weight excluding hydrogens is 564 g/mol. The first kappa shape index (κ1) is 34.1. The smallest absolute Gasteiger partial charge is 0.307 e. The fourth-order valence-corrected chi connectivity index (χ4v) is 5.14. The third-order valence-corrected chi connectivity index (χ3v) is 7.73. The average molecular weight is 611 g/mol. The molecule has 2 N–H and O–H groups in total. The molecule has 1 fully saturated rings. The average Bonchev–Trinajstić information content (AvgIpc) is 2.90. The number of para-hydroxylation sites is 1. The van der Waals surface area contributed by atoms with Gasteiger partial charge in [0.25, 0.3) is 0 Å². The number of hydrogen-bond acceptors (Lipinski definition) is 7. The first-order chi connectivity index (χ1) is 20.1. The summed E-state index contributed by atoms with van der Waals surface area (Å²) in [5.74, 6) is -0.140. The van der Waals surface area contributed by atoms with Gasteiger partial charge in [-0.05, 0) is 76.6 Å². The molecule has 0 aliphatic carbocycles. The second-order valence-corrected chi connectivity index (χ2v) is 13.4. The number of aliphatic hydroxyl groups is 1. The normalized spacial score (nSPS) is 14.5. The Morgan fingerprint density at radius 1 is 1.09 bits per heavy atom. The molecule has 234 valence electrons. The first-order valence-electron chi connectivity index (χ1n) is 14.8. The number of anilines is 2. The van der Waals surface area contributed by atoms with Crippen molar-refractivity contribution >= 4 is 28.9 Å². The van der Waals surface area contributed by atoms with E-state index in [1.54, 1.807) is 20.8 Å². The maximum atomic E-state index is 11.8. The highest BCUT2D eigenvalue weighted by Gasteiger charge is 2.29. The van der Waals surface area contributed by atoms with Crippen LogP contribution >= 0.6 is 11.6 Å². The number of piperidine rings is 1. The molecule has 3 heterocycles. The summed E-state index contributed by atoms with van der Waals surface area (Å²) in [5, 5.41) is 18.8. The van der Waals surface area contributed by atoms with Gasteiger partial charge in [-0.2, -0.15) is 0 Å². The monoisotopic (exact) mass is 610 g/mol. The van der Waals surface area contributed by atoms with Gasteiger partial charge in [0.15, 0.2) is 0 Å². The summed E-state index contributed by atoms with van der Waals surface area (Å²) >= 11 is 6.28. The summed E-state index contributed by atoms with van der Waals surface area (Å²) < 4.78 is 5.95. The summed E-state index contributed by atoms with van der Waals surface area (Å²) in [6.45, 7) is 16.6. The third kappa shape index (κ3) is 10.1. The minimum absolute atomic E-state index is 0.0619. The molecule has 1 aliphatic rings. The van der Waals surface area contributed by atoms with Gasteiger partial charge in [-0.1, -0.05) is 37.6 Å². The van der Waals surface area contributed by atoms with Crippen molar-refractivity contribution in [3.63, 3.8) is 0 Å². The van der Waals surface area contributed by atoms with E-state index in [0.717, 1.165) is 65.4 Å². The Bertz CT molecular complexity index is 1350. The number of aromatic nitrogens is 2. The maximum absolute atomic E-state index is 11.8. The number of ether oxygens (including phenoxy) is 1. The Morgan fingerprint density at radius 3 is 2.30 bits per heavy atom. The molecule has 1 aliphatic heterocycles. The SMILES string of the molecule is CC(C)(C)O.Cc1cccc(Cl)c1OCCN(C)c1ccc(-c2cnc(C)c(CC(=O)O)c2N2CCC(C)(C)CC2)nc1. The fraction of sp³-hybridized carbons (Fsp3) is 0.500. The van der Waals surface area contributed by atoms with Crippen LogP contribution in [0.4, 0.5) is 11.4 Å². The highest BCUT2D eigenvalue weighted by atomic mass is 35.5. The second-order valence-electron chi connectivity index (χ2n) is 13.0. The zero-order chi connectivity index (χ0) is 31.9. The number of halogens is 1. The Labute approximate surface area is 261 Å². The molecule has 9 heteroatoms. The predicted molar refractivity (Wildman–Crippen MR) is 176 cm³/mol. The van der Waals surface area contributed by atoms with Crippen molar-refractivity contribution in [2.45, 2.75) is 73.3 Å². The van der Waals surface area contributed by atoms with Crippen molar-refractivity contribution < 1.29 is 19.7 Å². The van der Waals surface area contributed by atoms with E-state index in [4.69, 9.17) is 26.4 Å². The molecule has 0 spiro atoms. The molecule has 8 nitrogen and oxygen atoms in total. The molecule has 1 saturated heterocycles. The first-order valence-corrected chi connectivity index (χ1v) is 15.2. The number of pyridine rings is 2. The number of benzene rings is 1. The van der Waals surface area contributed by atoms with E-state index in [1.165, 1.54) is 0 Å². The number of rotatable bonds is 9. The quantitative estimate of drug-likeness (QED) is 0.268. The van der Waals surface area contributed by atoms with E-state index in [1.807, 2.05) is 63.6 Å². The fourth-order valence-electron chi connectivity index (χ4n) is 4.87. The Balaban J connectivity index is 0.000000934. The summed E-state index contributed by atoms with van der Waals surface area (Å²) in [6, 6.07) is 9.74. The van der Waals surface area contributed by atoms with Gasteiger partial charge in [0.1, 0.15) is 12.4 Å². The number of aliphatic carboxylic acids is 1. The highest BCUT2D eigenvalue weighted by Crippen LogP contribution is 2.39. The minimum Gasteiger partial charge on any atom is -0.490 e. The molecule has 0 bridgehead atoms. The van der Waals surface area contributed by atoms with Gasteiger partial charge >= 0.3 is 5.97 Å². The molecule has 0 radical (unpaired) electrons. The van der Waals surface area contributed by atoms with Crippen LogP contribution in [0.5, 0.6) is 5.75 Å². The van der Waals surface area contributed by atoms with Crippen LogP contribution in [0.2, 0.25) is 5.02 Å². The molecule has 3 aromatic rings. The second kappa shape index (κ2) is 14.4. The molecule has 4 rings (SSSR count). The molecule has 2 aromatic heterocycles. The van der Waals surface area contributed by atoms with Crippen LogP contribution in [0, 0.1) is 19.3 Å². The van der Waals surface area contributed by atoms with Gasteiger partial charge in [-0.15, -0.1) is 0 Å². The van der Waals surface area contributed by atoms with Crippen LogP contribution in [0.25, 0.3) is 11.3 Å². The molecule has 0 unspecified atom stereocenters. The maximum Gasteiger partial charge on any atom is 0.307 e. The van der Waals surface area contributed by atoms with E-state index in [9.17, 15) is 9.90 Å². The third-order valence-electron chi connectivity index (χ3n) is 7.43. The van der Waals surface area contributed by atoms with Crippen molar-refractivity contribution in [1.29, 1.82) is 0 Å². The molecule has 43 heavy (non-hydrogen) atoms. The van der Waals surface area contributed by atoms with E-state index >= 15 is 0 Å². The van der Waals surface area contributed by atoms with Gasteiger partial charge in [-0.3, -0.25) is 14.8 Å². The lowest BCUT2D eigenvalue weighted by Gasteiger charge is -2.40. The molecular formula is C34H47ClN4O4. The van der Waals surface area contributed by atoms with Crippen molar-refractivity contribution in [3.8, 4) is 17.0 Å². The van der Waals surface area contributed by atoms with E-state index in [2.05, 4.69) is 28.6 Å². The Morgan fingerprint density at radius 2 is 1.74 bits per heavy atom. The Hall–Kier alpha value is -3.36. The highest BCUT2D eigenvalue weighted by molar-refractivity contribution is 6.32. The summed E-state index contributed by atoms with van der Waals surface area (Å²) in [7, 11) is 2.00. The van der Waals surface area contributed by atoms with Crippen LogP contribution < -0.4 is 14.5 Å². The Kier molecular flexibility index (Phi) is 11.4. The van der Waals surface area contributed by atoms with Crippen LogP contribution in [0.15, 0.2) is 42.7 Å².